The second-order valence-corrected chi connectivity index (χ2v) is 6.20. The van der Waals surface area contributed by atoms with Crippen LogP contribution in [-0.2, 0) is 4.74 Å². The predicted molar refractivity (Wildman–Crippen MR) is 72.8 cm³/mol. The van der Waals surface area contributed by atoms with Crippen LogP contribution in [0.25, 0.3) is 0 Å². The van der Waals surface area contributed by atoms with Crippen LogP contribution in [0.5, 0.6) is 11.5 Å². The molecule has 20 heavy (non-hydrogen) atoms. The van der Waals surface area contributed by atoms with Crippen LogP contribution >= 0.6 is 0 Å². The van der Waals surface area contributed by atoms with Gasteiger partial charge in [-0.1, -0.05) is 6.07 Å². The summed E-state index contributed by atoms with van der Waals surface area (Å²) in [4.78, 5) is 0. The number of rotatable bonds is 2. The van der Waals surface area contributed by atoms with Crippen LogP contribution in [0, 0.1) is 5.92 Å². The molecule has 4 heteroatoms. The third-order valence-electron chi connectivity index (χ3n) is 4.98. The number of aliphatic hydroxyl groups is 1. The summed E-state index contributed by atoms with van der Waals surface area (Å²) >= 11 is 0. The van der Waals surface area contributed by atoms with E-state index in [2.05, 4.69) is 0 Å². The van der Waals surface area contributed by atoms with Crippen molar-refractivity contribution in [1.29, 1.82) is 0 Å². The molecule has 4 nitrogen and oxygen atoms in total. The molecule has 2 unspecified atom stereocenters. The molecule has 0 amide bonds. The van der Waals surface area contributed by atoms with Crippen molar-refractivity contribution in [3.8, 4) is 11.5 Å². The zero-order chi connectivity index (χ0) is 13.6. The van der Waals surface area contributed by atoms with Crippen molar-refractivity contribution in [2.24, 2.45) is 5.92 Å². The van der Waals surface area contributed by atoms with Gasteiger partial charge in [-0.2, -0.15) is 0 Å². The van der Waals surface area contributed by atoms with Crippen molar-refractivity contribution >= 4 is 0 Å². The summed E-state index contributed by atoms with van der Waals surface area (Å²) in [6, 6.07) is 5.75. The minimum Gasteiger partial charge on any atom is -0.454 e. The van der Waals surface area contributed by atoms with Crippen LogP contribution in [0.2, 0.25) is 0 Å². The summed E-state index contributed by atoms with van der Waals surface area (Å²) in [6.07, 6.45) is 5.02. The van der Waals surface area contributed by atoms with Gasteiger partial charge < -0.3 is 19.3 Å². The van der Waals surface area contributed by atoms with E-state index in [1.807, 2.05) is 18.2 Å². The van der Waals surface area contributed by atoms with Gasteiger partial charge >= 0.3 is 0 Å². The van der Waals surface area contributed by atoms with Gasteiger partial charge in [0.25, 0.3) is 0 Å². The lowest BCUT2D eigenvalue weighted by Gasteiger charge is -2.48. The lowest BCUT2D eigenvalue weighted by atomic mass is 9.70. The third kappa shape index (κ3) is 1.98. The lowest BCUT2D eigenvalue weighted by molar-refractivity contribution is -0.157. The number of hydrogen-bond donors (Lipinski definition) is 1. The second kappa shape index (κ2) is 4.64. The van der Waals surface area contributed by atoms with E-state index in [4.69, 9.17) is 14.2 Å². The predicted octanol–water partition coefficient (Wildman–Crippen LogP) is 2.80. The molecular weight excluding hydrogens is 256 g/mol. The molecule has 2 heterocycles. The van der Waals surface area contributed by atoms with Gasteiger partial charge in [0.2, 0.25) is 6.79 Å². The summed E-state index contributed by atoms with van der Waals surface area (Å²) in [5, 5.41) is 10.7. The second-order valence-electron chi connectivity index (χ2n) is 6.20. The van der Waals surface area contributed by atoms with Gasteiger partial charge in [-0.15, -0.1) is 0 Å². The fraction of sp³-hybridized carbons (Fsp3) is 0.625. The summed E-state index contributed by atoms with van der Waals surface area (Å²) in [5.41, 5.74) is 0.996. The zero-order valence-corrected chi connectivity index (χ0v) is 11.5. The highest BCUT2D eigenvalue weighted by molar-refractivity contribution is 5.45. The first-order valence-corrected chi connectivity index (χ1v) is 7.47. The fourth-order valence-electron chi connectivity index (χ4n) is 3.62. The Bertz CT molecular complexity index is 509. The Hall–Kier alpha value is -1.26. The van der Waals surface area contributed by atoms with Crippen LogP contribution < -0.4 is 9.47 Å². The zero-order valence-electron chi connectivity index (χ0n) is 11.5. The van der Waals surface area contributed by atoms with E-state index in [1.165, 1.54) is 6.42 Å². The van der Waals surface area contributed by atoms with Crippen molar-refractivity contribution in [3.05, 3.63) is 23.8 Å². The van der Waals surface area contributed by atoms with E-state index in [0.717, 1.165) is 49.4 Å². The van der Waals surface area contributed by atoms with Gasteiger partial charge in [0.1, 0.15) is 0 Å². The first-order chi connectivity index (χ1) is 9.76. The number of fused-ring (bicyclic) bond motifs is 1. The standard InChI is InChI=1S/C16H20O4/c17-15(11-2-3-13-14(8-11)19-10-18-13)12-4-7-20-16(9-12)5-1-6-16/h2-3,8,12,15,17H,1,4-7,9-10H2. The van der Waals surface area contributed by atoms with Gasteiger partial charge in [0.05, 0.1) is 11.7 Å². The van der Waals surface area contributed by atoms with Crippen molar-refractivity contribution < 1.29 is 19.3 Å². The average Bonchev–Trinajstić information content (AvgIpc) is 2.92. The molecule has 4 rings (SSSR count). The molecule has 0 radical (unpaired) electrons. The minimum atomic E-state index is -0.439. The Morgan fingerprint density at radius 1 is 1.20 bits per heavy atom. The van der Waals surface area contributed by atoms with Gasteiger partial charge in [0, 0.05) is 6.61 Å². The first-order valence-electron chi connectivity index (χ1n) is 7.47. The van der Waals surface area contributed by atoms with Crippen molar-refractivity contribution in [2.45, 2.75) is 43.8 Å². The van der Waals surface area contributed by atoms with Crippen LogP contribution in [0.15, 0.2) is 18.2 Å². The molecule has 1 spiro atoms. The molecule has 2 atom stereocenters. The van der Waals surface area contributed by atoms with Gasteiger partial charge in [-0.3, -0.25) is 0 Å². The monoisotopic (exact) mass is 276 g/mol. The Labute approximate surface area is 118 Å². The molecule has 1 aromatic carbocycles. The number of benzene rings is 1. The highest BCUT2D eigenvalue weighted by Crippen LogP contribution is 2.47. The largest absolute Gasteiger partial charge is 0.454 e. The minimum absolute atomic E-state index is 0.0697. The van der Waals surface area contributed by atoms with Crippen molar-refractivity contribution in [2.75, 3.05) is 13.4 Å². The average molecular weight is 276 g/mol. The van der Waals surface area contributed by atoms with Crippen LogP contribution in [-0.4, -0.2) is 24.1 Å². The van der Waals surface area contributed by atoms with E-state index in [9.17, 15) is 5.11 Å². The summed E-state index contributed by atoms with van der Waals surface area (Å²) in [7, 11) is 0. The van der Waals surface area contributed by atoms with E-state index < -0.39 is 6.10 Å². The van der Waals surface area contributed by atoms with Crippen LogP contribution in [0.3, 0.4) is 0 Å². The van der Waals surface area contributed by atoms with Gasteiger partial charge in [-0.25, -0.2) is 0 Å². The highest BCUT2D eigenvalue weighted by Gasteiger charge is 2.44. The van der Waals surface area contributed by atoms with Crippen LogP contribution in [0.1, 0.15) is 43.8 Å². The number of aliphatic hydroxyl groups excluding tert-OH is 1. The molecule has 1 aliphatic carbocycles. The normalized spacial score (nSPS) is 28.1. The summed E-state index contributed by atoms with van der Waals surface area (Å²) in [6.45, 7) is 1.04. The lowest BCUT2D eigenvalue weighted by Crippen LogP contribution is -2.46. The van der Waals surface area contributed by atoms with E-state index in [0.29, 0.717) is 0 Å². The molecular formula is C16H20O4. The van der Waals surface area contributed by atoms with E-state index in [1.54, 1.807) is 0 Å². The molecule has 3 aliphatic rings. The number of ether oxygens (including phenoxy) is 3. The maximum atomic E-state index is 10.7. The molecule has 1 N–H and O–H groups in total. The molecule has 2 fully saturated rings. The molecule has 0 bridgehead atoms. The molecule has 1 aromatic rings. The Morgan fingerprint density at radius 3 is 2.85 bits per heavy atom. The molecule has 108 valence electrons. The Balaban J connectivity index is 1.53. The van der Waals surface area contributed by atoms with Gasteiger partial charge in [0.15, 0.2) is 11.5 Å². The van der Waals surface area contributed by atoms with E-state index >= 15 is 0 Å². The highest BCUT2D eigenvalue weighted by atomic mass is 16.7. The Kier molecular flexibility index (Phi) is 2.89. The number of hydrogen-bond acceptors (Lipinski definition) is 4. The topological polar surface area (TPSA) is 47.9 Å². The Morgan fingerprint density at radius 2 is 2.05 bits per heavy atom. The van der Waals surface area contributed by atoms with Gasteiger partial charge in [-0.05, 0) is 55.7 Å². The van der Waals surface area contributed by atoms with Crippen molar-refractivity contribution in [3.63, 3.8) is 0 Å². The maximum Gasteiger partial charge on any atom is 0.231 e. The van der Waals surface area contributed by atoms with Crippen molar-refractivity contribution in [1.82, 2.24) is 0 Å². The molecule has 2 aliphatic heterocycles. The maximum absolute atomic E-state index is 10.7. The fourth-order valence-corrected chi connectivity index (χ4v) is 3.62. The quantitative estimate of drug-likeness (QED) is 0.902. The molecule has 1 saturated heterocycles. The summed E-state index contributed by atoms with van der Waals surface area (Å²) in [5.74, 6) is 1.79. The molecule has 0 aromatic heterocycles. The van der Waals surface area contributed by atoms with E-state index in [-0.39, 0.29) is 18.3 Å². The third-order valence-corrected chi connectivity index (χ3v) is 4.98. The first kappa shape index (κ1) is 12.5. The van der Waals surface area contributed by atoms with Crippen LogP contribution in [0.4, 0.5) is 0 Å². The SMILES string of the molecule is OC(c1ccc2c(c1)OCO2)C1CCOC2(CCC2)C1. The smallest absolute Gasteiger partial charge is 0.231 e. The summed E-state index contributed by atoms with van der Waals surface area (Å²) < 4.78 is 16.6. The molecule has 1 saturated carbocycles.